The molecule has 2 aromatic carbocycles. The highest BCUT2D eigenvalue weighted by Crippen LogP contribution is 2.23. The molecule has 0 spiro atoms. The number of aromatic nitrogens is 2. The minimum atomic E-state index is 0.273. The van der Waals surface area contributed by atoms with Gasteiger partial charge in [-0.25, -0.2) is 4.98 Å². The fraction of sp³-hybridized carbons (Fsp3) is 0.222. The van der Waals surface area contributed by atoms with Gasteiger partial charge in [-0.2, -0.15) is 5.26 Å². The maximum absolute atomic E-state index is 9.12. The molecule has 0 aliphatic heterocycles. The van der Waals surface area contributed by atoms with E-state index >= 15 is 0 Å². The van der Waals surface area contributed by atoms with E-state index in [2.05, 4.69) is 6.07 Å². The minimum Gasteiger partial charge on any atom is -0.494 e. The van der Waals surface area contributed by atoms with Crippen molar-refractivity contribution in [3.05, 3.63) is 53.9 Å². The Balaban J connectivity index is 2.02. The van der Waals surface area contributed by atoms with E-state index in [0.29, 0.717) is 13.0 Å². The molecule has 0 aliphatic carbocycles. The molecule has 0 bridgehead atoms. The summed E-state index contributed by atoms with van der Waals surface area (Å²) in [6, 6.07) is 15.7. The van der Waals surface area contributed by atoms with E-state index in [1.807, 2.05) is 54.0 Å². The van der Waals surface area contributed by atoms with Gasteiger partial charge in [-0.1, -0.05) is 12.1 Å². The topological polar surface area (TPSA) is 76.9 Å². The van der Waals surface area contributed by atoms with Crippen molar-refractivity contribution in [1.82, 2.24) is 9.55 Å². The predicted octanol–water partition coefficient (Wildman–Crippen LogP) is 3.13. The van der Waals surface area contributed by atoms with Crippen LogP contribution in [0.5, 0.6) is 5.75 Å². The van der Waals surface area contributed by atoms with Gasteiger partial charge in [0.25, 0.3) is 0 Å². The summed E-state index contributed by atoms with van der Waals surface area (Å²) < 4.78 is 7.47. The summed E-state index contributed by atoms with van der Waals surface area (Å²) in [6.07, 6.45) is 0.653. The van der Waals surface area contributed by atoms with Crippen molar-refractivity contribution < 1.29 is 4.74 Å². The zero-order valence-corrected chi connectivity index (χ0v) is 13.0. The van der Waals surface area contributed by atoms with Gasteiger partial charge < -0.3 is 15.0 Å². The summed E-state index contributed by atoms with van der Waals surface area (Å²) in [4.78, 5) is 4.69. The van der Waals surface area contributed by atoms with E-state index in [1.54, 1.807) is 0 Å². The fourth-order valence-corrected chi connectivity index (χ4v) is 2.62. The van der Waals surface area contributed by atoms with Crippen LogP contribution in [0.25, 0.3) is 11.0 Å². The van der Waals surface area contributed by atoms with Crippen LogP contribution in [0.4, 0.5) is 5.69 Å². The number of hydrogen-bond donors (Lipinski definition) is 1. The van der Waals surface area contributed by atoms with Gasteiger partial charge in [0.2, 0.25) is 0 Å². The van der Waals surface area contributed by atoms with Crippen LogP contribution in [0.1, 0.15) is 18.3 Å². The Kier molecular flexibility index (Phi) is 4.15. The van der Waals surface area contributed by atoms with E-state index in [9.17, 15) is 0 Å². The van der Waals surface area contributed by atoms with Crippen LogP contribution >= 0.6 is 0 Å². The highest BCUT2D eigenvalue weighted by Gasteiger charge is 2.12. The number of ether oxygens (including phenoxy) is 1. The maximum atomic E-state index is 9.12. The Hall–Kier alpha value is -3.00. The Morgan fingerprint density at radius 1 is 1.22 bits per heavy atom. The van der Waals surface area contributed by atoms with Gasteiger partial charge in [0.15, 0.2) is 0 Å². The lowest BCUT2D eigenvalue weighted by Crippen LogP contribution is -2.03. The third-order valence-corrected chi connectivity index (χ3v) is 3.68. The van der Waals surface area contributed by atoms with Crippen LogP contribution in [-0.4, -0.2) is 16.2 Å². The maximum Gasteiger partial charge on any atom is 0.121 e. The molecule has 0 radical (unpaired) electrons. The molecular formula is C18H18N4O. The second-order valence-corrected chi connectivity index (χ2v) is 5.27. The van der Waals surface area contributed by atoms with Crippen molar-refractivity contribution in [2.24, 2.45) is 0 Å². The Morgan fingerprint density at radius 2 is 2.00 bits per heavy atom. The van der Waals surface area contributed by atoms with E-state index < -0.39 is 0 Å². The molecular weight excluding hydrogens is 288 g/mol. The summed E-state index contributed by atoms with van der Waals surface area (Å²) in [5.74, 6) is 1.65. The molecule has 0 saturated carbocycles. The molecule has 0 fully saturated rings. The van der Waals surface area contributed by atoms with Crippen LogP contribution in [0.3, 0.4) is 0 Å². The lowest BCUT2D eigenvalue weighted by molar-refractivity contribution is 0.340. The highest BCUT2D eigenvalue weighted by molar-refractivity contribution is 5.78. The van der Waals surface area contributed by atoms with Gasteiger partial charge in [-0.05, 0) is 36.8 Å². The molecule has 0 aliphatic rings. The number of rotatable bonds is 5. The molecule has 116 valence electrons. The number of imidazole rings is 1. The van der Waals surface area contributed by atoms with E-state index in [-0.39, 0.29) is 6.54 Å². The predicted molar refractivity (Wildman–Crippen MR) is 90.2 cm³/mol. The third kappa shape index (κ3) is 3.11. The monoisotopic (exact) mass is 306 g/mol. The first-order valence-corrected chi connectivity index (χ1v) is 7.54. The van der Waals surface area contributed by atoms with Crippen molar-refractivity contribution in [2.75, 3.05) is 12.3 Å². The van der Waals surface area contributed by atoms with Crippen molar-refractivity contribution >= 4 is 16.7 Å². The lowest BCUT2D eigenvalue weighted by Gasteiger charge is -2.06. The first-order chi connectivity index (χ1) is 11.2. The van der Waals surface area contributed by atoms with Gasteiger partial charge in [0, 0.05) is 18.2 Å². The van der Waals surface area contributed by atoms with Gasteiger partial charge in [-0.3, -0.25) is 0 Å². The summed E-state index contributed by atoms with van der Waals surface area (Å²) in [5.41, 5.74) is 9.36. The van der Waals surface area contributed by atoms with Crippen LogP contribution in [-0.2, 0) is 13.0 Å². The van der Waals surface area contributed by atoms with E-state index in [0.717, 1.165) is 33.9 Å². The molecule has 5 heteroatoms. The summed E-state index contributed by atoms with van der Waals surface area (Å²) in [7, 11) is 0. The standard InChI is InChI=1S/C18H18N4O/c1-2-23-15-7-8-17-16(12-15)21-18(22(17)10-9-19)11-13-3-5-14(20)6-4-13/h3-8,12H,2,10-11,20H2,1H3. The van der Waals surface area contributed by atoms with Crippen LogP contribution < -0.4 is 10.5 Å². The number of nitriles is 1. The number of fused-ring (bicyclic) bond motifs is 1. The largest absolute Gasteiger partial charge is 0.494 e. The van der Waals surface area contributed by atoms with Gasteiger partial charge in [0.05, 0.1) is 23.7 Å². The zero-order valence-electron chi connectivity index (χ0n) is 13.0. The number of hydrogen-bond acceptors (Lipinski definition) is 4. The number of nitrogen functional groups attached to an aromatic ring is 1. The summed E-state index contributed by atoms with van der Waals surface area (Å²) >= 11 is 0. The molecule has 1 heterocycles. The Labute approximate surface area is 134 Å². The van der Waals surface area contributed by atoms with Crippen LogP contribution in [0, 0.1) is 11.3 Å². The normalized spacial score (nSPS) is 10.6. The highest BCUT2D eigenvalue weighted by atomic mass is 16.5. The van der Waals surface area contributed by atoms with Crippen molar-refractivity contribution in [3.8, 4) is 11.8 Å². The average Bonchev–Trinajstić information content (AvgIpc) is 2.87. The molecule has 0 atom stereocenters. The van der Waals surface area contributed by atoms with Crippen molar-refractivity contribution in [1.29, 1.82) is 5.26 Å². The molecule has 0 amide bonds. The number of benzene rings is 2. The summed E-state index contributed by atoms with van der Waals surface area (Å²) in [5, 5.41) is 9.12. The fourth-order valence-electron chi connectivity index (χ4n) is 2.62. The van der Waals surface area contributed by atoms with E-state index in [1.165, 1.54) is 0 Å². The average molecular weight is 306 g/mol. The molecule has 0 unspecified atom stereocenters. The number of nitrogens with two attached hydrogens (primary N) is 1. The summed E-state index contributed by atoms with van der Waals surface area (Å²) in [6.45, 7) is 2.84. The van der Waals surface area contributed by atoms with Gasteiger partial charge in [-0.15, -0.1) is 0 Å². The molecule has 3 rings (SSSR count). The molecule has 23 heavy (non-hydrogen) atoms. The van der Waals surface area contributed by atoms with Gasteiger partial charge >= 0.3 is 0 Å². The Bertz CT molecular complexity index is 859. The molecule has 5 nitrogen and oxygen atoms in total. The smallest absolute Gasteiger partial charge is 0.121 e. The second kappa shape index (κ2) is 6.41. The molecule has 0 saturated heterocycles. The van der Waals surface area contributed by atoms with Crippen molar-refractivity contribution in [3.63, 3.8) is 0 Å². The lowest BCUT2D eigenvalue weighted by atomic mass is 10.1. The van der Waals surface area contributed by atoms with Crippen LogP contribution in [0.15, 0.2) is 42.5 Å². The van der Waals surface area contributed by atoms with Crippen molar-refractivity contribution in [2.45, 2.75) is 19.9 Å². The van der Waals surface area contributed by atoms with Gasteiger partial charge in [0.1, 0.15) is 18.1 Å². The molecule has 3 aromatic rings. The number of anilines is 1. The Morgan fingerprint density at radius 3 is 2.70 bits per heavy atom. The SMILES string of the molecule is CCOc1ccc2c(c1)nc(Cc1ccc(N)cc1)n2CC#N. The molecule has 1 aromatic heterocycles. The third-order valence-electron chi connectivity index (χ3n) is 3.68. The minimum absolute atomic E-state index is 0.273. The first kappa shape index (κ1) is 14.9. The molecule has 2 N–H and O–H groups in total. The quantitative estimate of drug-likeness (QED) is 0.735. The van der Waals surface area contributed by atoms with Crippen LogP contribution in [0.2, 0.25) is 0 Å². The second-order valence-electron chi connectivity index (χ2n) is 5.27. The number of nitrogens with zero attached hydrogens (tertiary/aromatic N) is 3. The first-order valence-electron chi connectivity index (χ1n) is 7.54. The zero-order chi connectivity index (χ0) is 16.2. The van der Waals surface area contributed by atoms with E-state index in [4.69, 9.17) is 20.7 Å².